The minimum Gasteiger partial charge on any atom is -0.382 e. The first-order chi connectivity index (χ1) is 10.0. The van der Waals surface area contributed by atoms with Crippen molar-refractivity contribution in [1.29, 1.82) is 0 Å². The van der Waals surface area contributed by atoms with Gasteiger partial charge in [0.2, 0.25) is 0 Å². The van der Waals surface area contributed by atoms with Gasteiger partial charge in [0.15, 0.2) is 6.29 Å². The lowest BCUT2D eigenvalue weighted by Gasteiger charge is -2.21. The fourth-order valence-corrected chi connectivity index (χ4v) is 2.96. The topological polar surface area (TPSA) is 42.0 Å². The SMILES string of the molecule is CC1(C)CNc2c(C=O)ncc(Cc3ccc(F)cc3)c21. The summed E-state index contributed by atoms with van der Waals surface area (Å²) >= 11 is 0. The number of carbonyl (C=O) groups is 1. The summed E-state index contributed by atoms with van der Waals surface area (Å²) in [5, 5.41) is 3.29. The predicted octanol–water partition coefficient (Wildman–Crippen LogP) is 3.33. The Kier molecular flexibility index (Phi) is 3.24. The molecule has 0 bridgehead atoms. The van der Waals surface area contributed by atoms with Gasteiger partial charge in [0.05, 0.1) is 5.69 Å². The van der Waals surface area contributed by atoms with Gasteiger partial charge < -0.3 is 5.32 Å². The zero-order valence-electron chi connectivity index (χ0n) is 12.1. The van der Waals surface area contributed by atoms with Crippen LogP contribution in [0.2, 0.25) is 0 Å². The molecule has 0 aliphatic carbocycles. The summed E-state index contributed by atoms with van der Waals surface area (Å²) < 4.78 is 13.0. The number of pyridine rings is 1. The summed E-state index contributed by atoms with van der Waals surface area (Å²) in [7, 11) is 0. The molecule has 2 heterocycles. The second-order valence-electron chi connectivity index (χ2n) is 6.08. The summed E-state index contributed by atoms with van der Waals surface area (Å²) in [5.41, 5.74) is 4.50. The van der Waals surface area contributed by atoms with Crippen molar-refractivity contribution >= 4 is 12.0 Å². The molecule has 1 aromatic carbocycles. The monoisotopic (exact) mass is 284 g/mol. The normalized spacial score (nSPS) is 15.4. The van der Waals surface area contributed by atoms with Crippen LogP contribution in [0.15, 0.2) is 30.5 Å². The molecule has 0 saturated heterocycles. The van der Waals surface area contributed by atoms with Crippen molar-refractivity contribution in [3.05, 3.63) is 58.7 Å². The number of benzene rings is 1. The van der Waals surface area contributed by atoms with Gasteiger partial charge in [-0.1, -0.05) is 26.0 Å². The summed E-state index contributed by atoms with van der Waals surface area (Å²) in [5.74, 6) is -0.236. The van der Waals surface area contributed by atoms with E-state index in [0.717, 1.165) is 35.2 Å². The summed E-state index contributed by atoms with van der Waals surface area (Å²) in [4.78, 5) is 15.4. The molecular weight excluding hydrogens is 267 g/mol. The second kappa shape index (κ2) is 4.95. The lowest BCUT2D eigenvalue weighted by atomic mass is 9.82. The Morgan fingerprint density at radius 3 is 2.71 bits per heavy atom. The van der Waals surface area contributed by atoms with Crippen LogP contribution in [0.5, 0.6) is 0 Å². The molecule has 0 amide bonds. The van der Waals surface area contributed by atoms with Gasteiger partial charge in [-0.05, 0) is 35.2 Å². The number of nitrogens with one attached hydrogen (secondary N) is 1. The molecule has 0 fully saturated rings. The number of aromatic nitrogens is 1. The minimum absolute atomic E-state index is 0.0502. The van der Waals surface area contributed by atoms with Gasteiger partial charge >= 0.3 is 0 Å². The smallest absolute Gasteiger partial charge is 0.170 e. The number of halogens is 1. The molecule has 21 heavy (non-hydrogen) atoms. The number of hydrogen-bond donors (Lipinski definition) is 1. The first kappa shape index (κ1) is 13.7. The Bertz CT molecular complexity index is 693. The van der Waals surface area contributed by atoms with E-state index < -0.39 is 0 Å². The highest BCUT2D eigenvalue weighted by atomic mass is 19.1. The van der Waals surface area contributed by atoms with Crippen LogP contribution < -0.4 is 5.32 Å². The third-order valence-electron chi connectivity index (χ3n) is 3.99. The molecule has 1 aliphatic heterocycles. The predicted molar refractivity (Wildman–Crippen MR) is 80.3 cm³/mol. The van der Waals surface area contributed by atoms with Crippen LogP contribution in [-0.4, -0.2) is 17.8 Å². The van der Waals surface area contributed by atoms with Crippen molar-refractivity contribution in [1.82, 2.24) is 4.98 Å². The molecule has 0 radical (unpaired) electrons. The standard InChI is InChI=1S/C17H17FN2O/c1-17(2)10-20-16-14(9-21)19-8-12(15(16)17)7-11-3-5-13(18)6-4-11/h3-6,8-9,20H,7,10H2,1-2H3. The van der Waals surface area contributed by atoms with Crippen LogP contribution in [0.4, 0.5) is 10.1 Å². The highest BCUT2D eigenvalue weighted by Gasteiger charge is 2.34. The van der Waals surface area contributed by atoms with E-state index in [1.54, 1.807) is 18.3 Å². The van der Waals surface area contributed by atoms with Crippen molar-refractivity contribution < 1.29 is 9.18 Å². The molecule has 0 saturated carbocycles. The molecule has 1 aliphatic rings. The summed E-state index contributed by atoms with van der Waals surface area (Å²) in [6, 6.07) is 6.49. The van der Waals surface area contributed by atoms with Crippen molar-refractivity contribution in [2.45, 2.75) is 25.7 Å². The van der Waals surface area contributed by atoms with Crippen LogP contribution in [-0.2, 0) is 11.8 Å². The van der Waals surface area contributed by atoms with Gasteiger partial charge in [0.25, 0.3) is 0 Å². The zero-order chi connectivity index (χ0) is 15.0. The first-order valence-corrected chi connectivity index (χ1v) is 6.97. The maximum atomic E-state index is 13.0. The number of anilines is 1. The maximum absolute atomic E-state index is 13.0. The van der Waals surface area contributed by atoms with Crippen LogP contribution in [0, 0.1) is 5.82 Å². The molecule has 1 aromatic heterocycles. The Balaban J connectivity index is 2.06. The largest absolute Gasteiger partial charge is 0.382 e. The van der Waals surface area contributed by atoms with Crippen LogP contribution in [0.3, 0.4) is 0 Å². The van der Waals surface area contributed by atoms with Crippen LogP contribution >= 0.6 is 0 Å². The molecule has 3 rings (SSSR count). The molecule has 0 spiro atoms. The average molecular weight is 284 g/mol. The molecule has 4 heteroatoms. The Morgan fingerprint density at radius 2 is 2.05 bits per heavy atom. The Morgan fingerprint density at radius 1 is 1.33 bits per heavy atom. The van der Waals surface area contributed by atoms with Gasteiger partial charge in [-0.3, -0.25) is 9.78 Å². The fourth-order valence-electron chi connectivity index (χ4n) is 2.96. The number of hydrogen-bond acceptors (Lipinski definition) is 3. The summed E-state index contributed by atoms with van der Waals surface area (Å²) in [6.07, 6.45) is 3.23. The molecule has 0 atom stereocenters. The van der Waals surface area contributed by atoms with E-state index in [1.165, 1.54) is 12.1 Å². The van der Waals surface area contributed by atoms with Crippen molar-refractivity contribution in [3.63, 3.8) is 0 Å². The maximum Gasteiger partial charge on any atom is 0.170 e. The molecule has 3 nitrogen and oxygen atoms in total. The van der Waals surface area contributed by atoms with E-state index in [1.807, 2.05) is 0 Å². The second-order valence-corrected chi connectivity index (χ2v) is 6.08. The number of fused-ring (bicyclic) bond motifs is 1. The van der Waals surface area contributed by atoms with E-state index in [9.17, 15) is 9.18 Å². The number of carbonyl (C=O) groups excluding carboxylic acids is 1. The molecular formula is C17H17FN2O. The minimum atomic E-state index is -0.236. The van der Waals surface area contributed by atoms with E-state index in [4.69, 9.17) is 0 Å². The van der Waals surface area contributed by atoms with Gasteiger partial charge in [0.1, 0.15) is 11.5 Å². The van der Waals surface area contributed by atoms with Gasteiger partial charge in [-0.25, -0.2) is 4.39 Å². The highest BCUT2D eigenvalue weighted by Crippen LogP contribution is 2.40. The van der Waals surface area contributed by atoms with E-state index in [2.05, 4.69) is 24.1 Å². The molecule has 0 unspecified atom stereocenters. The number of aldehydes is 1. The zero-order valence-corrected chi connectivity index (χ0v) is 12.1. The lowest BCUT2D eigenvalue weighted by Crippen LogP contribution is -2.20. The van der Waals surface area contributed by atoms with Crippen LogP contribution in [0.25, 0.3) is 0 Å². The third-order valence-corrected chi connectivity index (χ3v) is 3.99. The van der Waals surface area contributed by atoms with Crippen molar-refractivity contribution in [2.75, 3.05) is 11.9 Å². The Hall–Kier alpha value is -2.23. The third kappa shape index (κ3) is 2.42. The summed E-state index contributed by atoms with van der Waals surface area (Å²) in [6.45, 7) is 5.08. The van der Waals surface area contributed by atoms with Crippen LogP contribution in [0.1, 0.15) is 41.0 Å². The molecule has 1 N–H and O–H groups in total. The number of rotatable bonds is 3. The Labute approximate surface area is 123 Å². The number of nitrogens with zero attached hydrogens (tertiary/aromatic N) is 1. The lowest BCUT2D eigenvalue weighted by molar-refractivity contribution is 0.112. The van der Waals surface area contributed by atoms with Gasteiger partial charge in [-0.2, -0.15) is 0 Å². The first-order valence-electron chi connectivity index (χ1n) is 6.97. The quantitative estimate of drug-likeness (QED) is 0.879. The van der Waals surface area contributed by atoms with Gasteiger partial charge in [-0.15, -0.1) is 0 Å². The van der Waals surface area contributed by atoms with Crippen molar-refractivity contribution in [2.24, 2.45) is 0 Å². The van der Waals surface area contributed by atoms with Crippen molar-refractivity contribution in [3.8, 4) is 0 Å². The van der Waals surface area contributed by atoms with E-state index >= 15 is 0 Å². The fraction of sp³-hybridized carbons (Fsp3) is 0.294. The van der Waals surface area contributed by atoms with E-state index in [0.29, 0.717) is 12.1 Å². The molecule has 108 valence electrons. The highest BCUT2D eigenvalue weighted by molar-refractivity contribution is 5.85. The average Bonchev–Trinajstić information content (AvgIpc) is 2.78. The van der Waals surface area contributed by atoms with E-state index in [-0.39, 0.29) is 11.2 Å². The van der Waals surface area contributed by atoms with Gasteiger partial charge in [0, 0.05) is 18.2 Å². The molecule has 2 aromatic rings.